The molecule has 4 nitrogen and oxygen atoms in total. The van der Waals surface area contributed by atoms with Crippen LogP contribution in [0.1, 0.15) is 0 Å². The predicted molar refractivity (Wildman–Crippen MR) is 48.0 cm³/mol. The second-order valence-corrected chi connectivity index (χ2v) is 2.32. The molecule has 0 heterocycles. The molecular formula is C8H9F3N2O2. The number of hydrogen-bond acceptors (Lipinski definition) is 3. The molecule has 84 valence electrons. The van der Waals surface area contributed by atoms with Gasteiger partial charge in [-0.25, -0.2) is 9.79 Å². The Morgan fingerprint density at radius 1 is 1.53 bits per heavy atom. The molecule has 0 saturated heterocycles. The second kappa shape index (κ2) is 5.18. The van der Waals surface area contributed by atoms with E-state index >= 15 is 0 Å². The fourth-order valence-electron chi connectivity index (χ4n) is 0.628. The van der Waals surface area contributed by atoms with Crippen LogP contribution in [0.3, 0.4) is 0 Å². The van der Waals surface area contributed by atoms with E-state index in [-0.39, 0.29) is 0 Å². The van der Waals surface area contributed by atoms with Crippen LogP contribution < -0.4 is 5.73 Å². The van der Waals surface area contributed by atoms with E-state index < -0.39 is 23.4 Å². The van der Waals surface area contributed by atoms with Crippen molar-refractivity contribution in [2.24, 2.45) is 10.7 Å². The second-order valence-electron chi connectivity index (χ2n) is 2.32. The minimum Gasteiger partial charge on any atom is -0.465 e. The number of methoxy groups -OCH3 is 1. The smallest absolute Gasteiger partial charge is 0.433 e. The Hall–Kier alpha value is -1.79. The number of carbonyl (C=O) groups is 1. The number of nitrogens with two attached hydrogens (primary N) is 1. The number of nitrogens with zero attached hydrogens (tertiary/aromatic N) is 1. The molecule has 0 aromatic heterocycles. The first-order valence-corrected chi connectivity index (χ1v) is 3.63. The van der Waals surface area contributed by atoms with Gasteiger partial charge < -0.3 is 10.5 Å². The van der Waals surface area contributed by atoms with Crippen LogP contribution in [0.2, 0.25) is 0 Å². The van der Waals surface area contributed by atoms with Crippen molar-refractivity contribution < 1.29 is 22.7 Å². The monoisotopic (exact) mass is 222 g/mol. The molecule has 0 aliphatic carbocycles. The molecule has 0 aromatic rings. The van der Waals surface area contributed by atoms with Gasteiger partial charge in [0.2, 0.25) is 0 Å². The summed E-state index contributed by atoms with van der Waals surface area (Å²) in [5, 5.41) is 0. The molecule has 0 unspecified atom stereocenters. The van der Waals surface area contributed by atoms with Crippen LogP contribution in [0.15, 0.2) is 28.9 Å². The van der Waals surface area contributed by atoms with Gasteiger partial charge >= 0.3 is 12.1 Å². The van der Waals surface area contributed by atoms with Gasteiger partial charge in [-0.2, -0.15) is 13.2 Å². The summed E-state index contributed by atoms with van der Waals surface area (Å²) >= 11 is 0. The Labute approximate surface area is 83.9 Å². The Kier molecular flexibility index (Phi) is 4.56. The molecule has 0 bridgehead atoms. The summed E-state index contributed by atoms with van der Waals surface area (Å²) < 4.78 is 40.8. The number of allylic oxidation sites excluding steroid dienone is 1. The van der Waals surface area contributed by atoms with Crippen molar-refractivity contribution in [3.8, 4) is 0 Å². The molecule has 0 aromatic carbocycles. The van der Waals surface area contributed by atoms with Crippen LogP contribution >= 0.6 is 0 Å². The lowest BCUT2D eigenvalue weighted by atomic mass is 10.2. The number of ether oxygens (including phenoxy) is 1. The third-order valence-corrected chi connectivity index (χ3v) is 1.26. The zero-order chi connectivity index (χ0) is 12.1. The lowest BCUT2D eigenvalue weighted by Crippen LogP contribution is -2.13. The van der Waals surface area contributed by atoms with Crippen molar-refractivity contribution >= 4 is 12.3 Å². The largest absolute Gasteiger partial charge is 0.465 e. The fourth-order valence-corrected chi connectivity index (χ4v) is 0.628. The summed E-state index contributed by atoms with van der Waals surface area (Å²) in [7, 11) is 1.03. The van der Waals surface area contributed by atoms with Gasteiger partial charge in [0.15, 0.2) is 0 Å². The Balaban J connectivity index is 5.02. The average molecular weight is 222 g/mol. The van der Waals surface area contributed by atoms with E-state index in [1.807, 2.05) is 0 Å². The van der Waals surface area contributed by atoms with Crippen LogP contribution in [0.4, 0.5) is 13.2 Å². The summed E-state index contributed by atoms with van der Waals surface area (Å²) in [5.74, 6) is -0.969. The van der Waals surface area contributed by atoms with Crippen molar-refractivity contribution in [2.75, 3.05) is 7.11 Å². The Morgan fingerprint density at radius 2 is 2.07 bits per heavy atom. The normalized spacial score (nSPS) is 12.9. The standard InChI is InChI=1S/C8H9F3N2O2/c1-5(7(14)15-2)3-6(13-4-12)8(9,10)11/h3-4H,1H2,2H3,(H2,12,13)/b6-3-. The van der Waals surface area contributed by atoms with Gasteiger partial charge in [0.25, 0.3) is 0 Å². The number of alkyl halides is 3. The molecule has 0 spiro atoms. The highest BCUT2D eigenvalue weighted by molar-refractivity contribution is 5.90. The van der Waals surface area contributed by atoms with Gasteiger partial charge in [0.1, 0.15) is 5.70 Å². The van der Waals surface area contributed by atoms with E-state index in [0.29, 0.717) is 12.4 Å². The zero-order valence-corrected chi connectivity index (χ0v) is 7.84. The minimum absolute atomic E-state index is 0.454. The lowest BCUT2D eigenvalue weighted by molar-refractivity contribution is -0.135. The van der Waals surface area contributed by atoms with Gasteiger partial charge in [-0.3, -0.25) is 0 Å². The maximum atomic E-state index is 12.2. The predicted octanol–water partition coefficient (Wildman–Crippen LogP) is 1.15. The molecule has 7 heteroatoms. The number of hydrogen-bond donors (Lipinski definition) is 1. The minimum atomic E-state index is -4.70. The summed E-state index contributed by atoms with van der Waals surface area (Å²) in [6, 6.07) is 0. The summed E-state index contributed by atoms with van der Waals surface area (Å²) in [5.41, 5.74) is 2.95. The van der Waals surface area contributed by atoms with Crippen LogP contribution in [-0.4, -0.2) is 25.6 Å². The first-order valence-electron chi connectivity index (χ1n) is 3.63. The van der Waals surface area contributed by atoms with Gasteiger partial charge in [0.05, 0.1) is 19.0 Å². The van der Waals surface area contributed by atoms with Gasteiger partial charge in [-0.1, -0.05) is 6.58 Å². The molecule has 0 saturated carbocycles. The highest BCUT2D eigenvalue weighted by Crippen LogP contribution is 2.27. The number of rotatable bonds is 3. The highest BCUT2D eigenvalue weighted by atomic mass is 19.4. The molecule has 0 aliphatic rings. The SMILES string of the molecule is C=C(/C=C(\N=CN)C(F)(F)F)C(=O)OC. The van der Waals surface area contributed by atoms with E-state index in [1.54, 1.807) is 0 Å². The van der Waals surface area contributed by atoms with Crippen molar-refractivity contribution in [3.63, 3.8) is 0 Å². The maximum absolute atomic E-state index is 12.2. The molecule has 0 atom stereocenters. The quantitative estimate of drug-likeness (QED) is 0.256. The van der Waals surface area contributed by atoms with E-state index in [9.17, 15) is 18.0 Å². The topological polar surface area (TPSA) is 64.7 Å². The third-order valence-electron chi connectivity index (χ3n) is 1.26. The van der Waals surface area contributed by atoms with Crippen molar-refractivity contribution in [1.82, 2.24) is 0 Å². The fraction of sp³-hybridized carbons (Fsp3) is 0.250. The molecule has 0 fully saturated rings. The summed E-state index contributed by atoms with van der Waals surface area (Å²) in [4.78, 5) is 13.6. The van der Waals surface area contributed by atoms with Gasteiger partial charge in [0, 0.05) is 0 Å². The molecule has 0 amide bonds. The van der Waals surface area contributed by atoms with Gasteiger partial charge in [-0.15, -0.1) is 0 Å². The first-order chi connectivity index (χ1) is 6.82. The van der Waals surface area contributed by atoms with E-state index in [0.717, 1.165) is 7.11 Å². The van der Waals surface area contributed by atoms with Crippen molar-refractivity contribution in [3.05, 3.63) is 23.9 Å². The Morgan fingerprint density at radius 3 is 2.40 bits per heavy atom. The first kappa shape index (κ1) is 13.2. The summed E-state index contributed by atoms with van der Waals surface area (Å²) in [6.07, 6.45) is -3.77. The number of aliphatic imine (C=N–C) groups is 1. The van der Waals surface area contributed by atoms with Crippen molar-refractivity contribution in [2.45, 2.75) is 6.18 Å². The van der Waals surface area contributed by atoms with Crippen LogP contribution in [0.5, 0.6) is 0 Å². The third kappa shape index (κ3) is 4.30. The molecule has 0 radical (unpaired) electrons. The molecule has 2 N–H and O–H groups in total. The van der Waals surface area contributed by atoms with Crippen LogP contribution in [0.25, 0.3) is 0 Å². The lowest BCUT2D eigenvalue weighted by Gasteiger charge is -2.06. The van der Waals surface area contributed by atoms with E-state index in [2.05, 4.69) is 16.3 Å². The maximum Gasteiger partial charge on any atom is 0.433 e. The molecule has 15 heavy (non-hydrogen) atoms. The zero-order valence-electron chi connectivity index (χ0n) is 7.84. The number of esters is 1. The number of carbonyl (C=O) groups excluding carboxylic acids is 1. The molecular weight excluding hydrogens is 213 g/mol. The Bertz CT molecular complexity index is 318. The summed E-state index contributed by atoms with van der Waals surface area (Å²) in [6.45, 7) is 3.10. The molecule has 0 rings (SSSR count). The highest BCUT2D eigenvalue weighted by Gasteiger charge is 2.34. The number of halogens is 3. The van der Waals surface area contributed by atoms with E-state index in [4.69, 9.17) is 5.73 Å². The van der Waals surface area contributed by atoms with Crippen LogP contribution in [0, 0.1) is 0 Å². The average Bonchev–Trinajstić information content (AvgIpc) is 2.14. The van der Waals surface area contributed by atoms with E-state index in [1.165, 1.54) is 0 Å². The van der Waals surface area contributed by atoms with Gasteiger partial charge in [-0.05, 0) is 6.08 Å². The van der Waals surface area contributed by atoms with Crippen LogP contribution in [-0.2, 0) is 9.53 Å². The molecule has 0 aliphatic heterocycles. The van der Waals surface area contributed by atoms with Crippen molar-refractivity contribution in [1.29, 1.82) is 0 Å².